The van der Waals surface area contributed by atoms with E-state index in [1.807, 2.05) is 6.07 Å². The van der Waals surface area contributed by atoms with Crippen molar-refractivity contribution in [1.29, 1.82) is 0 Å². The quantitative estimate of drug-likeness (QED) is 0.731. The number of benzene rings is 2. The van der Waals surface area contributed by atoms with E-state index in [-0.39, 0.29) is 11.5 Å². The van der Waals surface area contributed by atoms with Crippen molar-refractivity contribution in [3.05, 3.63) is 59.7 Å². The number of aliphatic hydroxyl groups is 1. The summed E-state index contributed by atoms with van der Waals surface area (Å²) in [6, 6.07) is 12.8. The molecule has 0 radical (unpaired) electrons. The highest BCUT2D eigenvalue weighted by Crippen LogP contribution is 2.20. The average molecular weight is 306 g/mol. The molecule has 0 aromatic heterocycles. The molecule has 0 aliphatic rings. The number of rotatable bonds is 5. The van der Waals surface area contributed by atoms with Crippen LogP contribution >= 0.6 is 0 Å². The van der Waals surface area contributed by atoms with E-state index in [9.17, 15) is 13.5 Å². The maximum atomic E-state index is 12.4. The van der Waals surface area contributed by atoms with E-state index in [2.05, 4.69) is 4.72 Å². The second-order valence-corrected chi connectivity index (χ2v) is 6.50. The van der Waals surface area contributed by atoms with Gasteiger partial charge in [-0.05, 0) is 30.2 Å². The molecule has 4 N–H and O–H groups in total. The van der Waals surface area contributed by atoms with Gasteiger partial charge < -0.3 is 10.8 Å². The van der Waals surface area contributed by atoms with E-state index < -0.39 is 16.1 Å². The number of sulfonamides is 1. The van der Waals surface area contributed by atoms with E-state index in [0.29, 0.717) is 11.3 Å². The maximum absolute atomic E-state index is 12.4. The molecule has 2 aromatic carbocycles. The highest BCUT2D eigenvalue weighted by Gasteiger charge is 2.21. The van der Waals surface area contributed by atoms with Gasteiger partial charge in [0.1, 0.15) is 0 Å². The van der Waals surface area contributed by atoms with Crippen LogP contribution in [0.5, 0.6) is 0 Å². The number of hydrogen-bond donors (Lipinski definition) is 3. The molecule has 0 fully saturated rings. The van der Waals surface area contributed by atoms with Crippen LogP contribution < -0.4 is 10.5 Å². The molecule has 0 heterocycles. The normalized spacial score (nSPS) is 13.0. The van der Waals surface area contributed by atoms with E-state index in [4.69, 9.17) is 5.73 Å². The summed E-state index contributed by atoms with van der Waals surface area (Å²) in [5, 5.41) is 9.44. The van der Waals surface area contributed by atoms with Gasteiger partial charge in [0.15, 0.2) is 0 Å². The van der Waals surface area contributed by atoms with Crippen molar-refractivity contribution in [1.82, 2.24) is 4.72 Å². The Morgan fingerprint density at radius 1 is 1.19 bits per heavy atom. The Morgan fingerprint density at radius 2 is 1.86 bits per heavy atom. The van der Waals surface area contributed by atoms with Gasteiger partial charge in [-0.25, -0.2) is 13.1 Å². The topological polar surface area (TPSA) is 92.4 Å². The molecule has 0 spiro atoms. The minimum absolute atomic E-state index is 0.0833. The fraction of sp³-hybridized carbons (Fsp3) is 0.200. The Bertz CT molecular complexity index is 715. The van der Waals surface area contributed by atoms with Crippen LogP contribution in [0.1, 0.15) is 17.2 Å². The molecule has 0 saturated carbocycles. The van der Waals surface area contributed by atoms with Gasteiger partial charge in [0.25, 0.3) is 0 Å². The Labute approximate surface area is 124 Å². The lowest BCUT2D eigenvalue weighted by Crippen LogP contribution is -2.31. The molecule has 0 unspecified atom stereocenters. The van der Waals surface area contributed by atoms with Crippen LogP contribution in [-0.4, -0.2) is 20.1 Å². The van der Waals surface area contributed by atoms with Crippen molar-refractivity contribution < 1.29 is 13.5 Å². The first-order valence-electron chi connectivity index (χ1n) is 6.48. The van der Waals surface area contributed by atoms with E-state index in [1.54, 1.807) is 37.3 Å². The standard InChI is InChI=1S/C15H18N2O3S/c1-11-7-8-13(9-14(11)16)21(19,20)17-15(10-18)12-5-3-2-4-6-12/h2-9,15,17-18H,10,16H2,1H3/t15-/m0/s1. The lowest BCUT2D eigenvalue weighted by atomic mass is 10.1. The summed E-state index contributed by atoms with van der Waals surface area (Å²) in [6.45, 7) is 1.48. The van der Waals surface area contributed by atoms with Gasteiger partial charge >= 0.3 is 0 Å². The number of hydrogen-bond acceptors (Lipinski definition) is 4. The zero-order valence-electron chi connectivity index (χ0n) is 11.7. The van der Waals surface area contributed by atoms with E-state index >= 15 is 0 Å². The fourth-order valence-corrected chi connectivity index (χ4v) is 3.19. The third-order valence-corrected chi connectivity index (χ3v) is 4.71. The van der Waals surface area contributed by atoms with Gasteiger partial charge in [-0.1, -0.05) is 36.4 Å². The first-order valence-corrected chi connectivity index (χ1v) is 7.96. The monoisotopic (exact) mass is 306 g/mol. The largest absolute Gasteiger partial charge is 0.398 e. The molecule has 2 rings (SSSR count). The van der Waals surface area contributed by atoms with Crippen molar-refractivity contribution in [3.63, 3.8) is 0 Å². The van der Waals surface area contributed by atoms with Crippen LogP contribution in [0.4, 0.5) is 5.69 Å². The molecule has 21 heavy (non-hydrogen) atoms. The Morgan fingerprint density at radius 3 is 2.43 bits per heavy atom. The molecule has 0 amide bonds. The van der Waals surface area contributed by atoms with Crippen LogP contribution in [0.25, 0.3) is 0 Å². The molecule has 1 atom stereocenters. The van der Waals surface area contributed by atoms with Crippen LogP contribution in [0.15, 0.2) is 53.4 Å². The molecule has 0 aliphatic heterocycles. The van der Waals surface area contributed by atoms with Crippen molar-refractivity contribution in [2.45, 2.75) is 17.9 Å². The molecule has 5 nitrogen and oxygen atoms in total. The second kappa shape index (κ2) is 6.26. The highest BCUT2D eigenvalue weighted by molar-refractivity contribution is 7.89. The minimum Gasteiger partial charge on any atom is -0.398 e. The van der Waals surface area contributed by atoms with Gasteiger partial charge in [0.05, 0.1) is 17.5 Å². The molecular formula is C15H18N2O3S. The highest BCUT2D eigenvalue weighted by atomic mass is 32.2. The lowest BCUT2D eigenvalue weighted by Gasteiger charge is -2.17. The minimum atomic E-state index is -3.75. The molecule has 2 aromatic rings. The molecular weight excluding hydrogens is 288 g/mol. The smallest absolute Gasteiger partial charge is 0.241 e. The predicted molar refractivity (Wildman–Crippen MR) is 82.2 cm³/mol. The number of nitrogens with one attached hydrogen (secondary N) is 1. The van der Waals surface area contributed by atoms with Gasteiger partial charge in [-0.15, -0.1) is 0 Å². The number of aryl methyl sites for hydroxylation is 1. The van der Waals surface area contributed by atoms with Crippen molar-refractivity contribution in [2.24, 2.45) is 0 Å². The summed E-state index contributed by atoms with van der Waals surface area (Å²) in [7, 11) is -3.75. The number of nitrogen functional groups attached to an aromatic ring is 1. The molecule has 0 saturated heterocycles. The fourth-order valence-electron chi connectivity index (χ4n) is 1.94. The second-order valence-electron chi connectivity index (χ2n) is 4.79. The first-order chi connectivity index (χ1) is 9.94. The third kappa shape index (κ3) is 3.60. The maximum Gasteiger partial charge on any atom is 0.241 e. The summed E-state index contributed by atoms with van der Waals surface area (Å²) >= 11 is 0. The molecule has 0 aliphatic carbocycles. The SMILES string of the molecule is Cc1ccc(S(=O)(=O)N[C@@H](CO)c2ccccc2)cc1N. The first kappa shape index (κ1) is 15.5. The van der Waals surface area contributed by atoms with Crippen molar-refractivity contribution in [3.8, 4) is 0 Å². The predicted octanol–water partition coefficient (Wildman–Crippen LogP) is 1.59. The van der Waals surface area contributed by atoms with Crippen LogP contribution in [-0.2, 0) is 10.0 Å². The molecule has 0 bridgehead atoms. The van der Waals surface area contributed by atoms with Gasteiger partial charge in [0, 0.05) is 5.69 Å². The van der Waals surface area contributed by atoms with Crippen molar-refractivity contribution >= 4 is 15.7 Å². The number of nitrogens with two attached hydrogens (primary N) is 1. The van der Waals surface area contributed by atoms with Crippen LogP contribution in [0.3, 0.4) is 0 Å². The van der Waals surface area contributed by atoms with Gasteiger partial charge in [-0.2, -0.15) is 0 Å². The average Bonchev–Trinajstić information content (AvgIpc) is 2.48. The van der Waals surface area contributed by atoms with Crippen LogP contribution in [0.2, 0.25) is 0 Å². The van der Waals surface area contributed by atoms with Gasteiger partial charge in [-0.3, -0.25) is 0 Å². The van der Waals surface area contributed by atoms with E-state index in [0.717, 1.165) is 5.56 Å². The summed E-state index contributed by atoms with van der Waals surface area (Å²) in [6.07, 6.45) is 0. The molecule has 6 heteroatoms. The Kier molecular flexibility index (Phi) is 4.62. The summed E-state index contributed by atoms with van der Waals surface area (Å²) < 4.78 is 27.2. The third-order valence-electron chi connectivity index (χ3n) is 3.24. The Balaban J connectivity index is 2.29. The number of anilines is 1. The summed E-state index contributed by atoms with van der Waals surface area (Å²) in [5.74, 6) is 0. The lowest BCUT2D eigenvalue weighted by molar-refractivity contribution is 0.259. The summed E-state index contributed by atoms with van der Waals surface area (Å²) in [5.41, 5.74) is 7.68. The zero-order chi connectivity index (χ0) is 15.5. The summed E-state index contributed by atoms with van der Waals surface area (Å²) in [4.78, 5) is 0.0833. The van der Waals surface area contributed by atoms with E-state index in [1.165, 1.54) is 12.1 Å². The zero-order valence-corrected chi connectivity index (χ0v) is 12.5. The van der Waals surface area contributed by atoms with Crippen LogP contribution in [0, 0.1) is 6.92 Å². The van der Waals surface area contributed by atoms with Gasteiger partial charge in [0.2, 0.25) is 10.0 Å². The van der Waals surface area contributed by atoms with Crippen molar-refractivity contribution in [2.75, 3.05) is 12.3 Å². The number of aliphatic hydroxyl groups excluding tert-OH is 1. The Hall–Kier alpha value is -1.89. The molecule has 112 valence electrons.